The van der Waals surface area contributed by atoms with Crippen LogP contribution in [0.2, 0.25) is 0 Å². The molecule has 0 radical (unpaired) electrons. The summed E-state index contributed by atoms with van der Waals surface area (Å²) in [6.07, 6.45) is -4.28. The fourth-order valence-corrected chi connectivity index (χ4v) is 2.35. The van der Waals surface area contributed by atoms with Gasteiger partial charge in [0.15, 0.2) is 0 Å². The molecule has 0 amide bonds. The maximum atomic E-state index is 13.1. The molecule has 0 fully saturated rings. The summed E-state index contributed by atoms with van der Waals surface area (Å²) < 4.78 is 52.1. The summed E-state index contributed by atoms with van der Waals surface area (Å²) in [6, 6.07) is 10.8. The van der Waals surface area contributed by atoms with Crippen LogP contribution >= 0.6 is 0 Å². The van der Waals surface area contributed by atoms with Gasteiger partial charge in [-0.25, -0.2) is 4.39 Å². The van der Waals surface area contributed by atoms with Gasteiger partial charge in [-0.1, -0.05) is 30.3 Å². The van der Waals surface area contributed by atoms with Crippen molar-refractivity contribution in [3.05, 3.63) is 71.0 Å². The van der Waals surface area contributed by atoms with E-state index in [-0.39, 0.29) is 12.0 Å². The van der Waals surface area contributed by atoms with E-state index in [0.717, 1.165) is 6.07 Å². The summed E-state index contributed by atoms with van der Waals surface area (Å²) in [4.78, 5) is 0. The fraction of sp³-hybridized carbons (Fsp3) is 0.250. The number of nitrogens with two attached hydrogens (primary N) is 1. The largest absolute Gasteiger partial charge is 0.416 e. The summed E-state index contributed by atoms with van der Waals surface area (Å²) in [5.41, 5.74) is 4.88. The van der Waals surface area contributed by atoms with Gasteiger partial charge in [-0.2, -0.15) is 13.2 Å². The molecule has 2 rings (SSSR count). The van der Waals surface area contributed by atoms with Crippen molar-refractivity contribution in [2.75, 3.05) is 0 Å². The molecule has 1 nitrogen and oxygen atoms in total. The molecular formula is C16H15F4N. The van der Waals surface area contributed by atoms with Crippen LogP contribution in [0.1, 0.15) is 23.6 Å². The summed E-state index contributed by atoms with van der Waals surface area (Å²) in [6.45, 7) is 1.54. The van der Waals surface area contributed by atoms with Crippen LogP contribution in [0.4, 0.5) is 17.6 Å². The van der Waals surface area contributed by atoms with Crippen molar-refractivity contribution in [3.8, 4) is 0 Å². The minimum Gasteiger partial charge on any atom is -0.321 e. The Morgan fingerprint density at radius 1 is 0.905 bits per heavy atom. The molecule has 1 unspecified atom stereocenters. The van der Waals surface area contributed by atoms with Crippen molar-refractivity contribution >= 4 is 0 Å². The van der Waals surface area contributed by atoms with Crippen LogP contribution < -0.4 is 5.73 Å². The quantitative estimate of drug-likeness (QED) is 0.842. The lowest BCUT2D eigenvalue weighted by atomic mass is 9.83. The van der Waals surface area contributed by atoms with Gasteiger partial charge in [0.1, 0.15) is 5.82 Å². The molecule has 2 aromatic rings. The molecule has 2 N–H and O–H groups in total. The first kappa shape index (κ1) is 15.5. The van der Waals surface area contributed by atoms with E-state index in [1.165, 1.54) is 42.5 Å². The Morgan fingerprint density at radius 2 is 1.43 bits per heavy atom. The standard InChI is InChI=1S/C16H15F4N/c1-15(21,10-11-6-8-12(17)9-7-11)13-4-2-3-5-14(13)16(18,19)20/h2-9H,10,21H2,1H3. The third-order valence-electron chi connectivity index (χ3n) is 3.33. The SMILES string of the molecule is CC(N)(Cc1ccc(F)cc1)c1ccccc1C(F)(F)F. The summed E-state index contributed by atoms with van der Waals surface area (Å²) in [7, 11) is 0. The molecule has 0 saturated heterocycles. The van der Waals surface area contributed by atoms with E-state index in [1.807, 2.05) is 0 Å². The van der Waals surface area contributed by atoms with Gasteiger partial charge in [-0.3, -0.25) is 0 Å². The second kappa shape index (κ2) is 5.48. The second-order valence-electron chi connectivity index (χ2n) is 5.26. The topological polar surface area (TPSA) is 26.0 Å². The van der Waals surface area contributed by atoms with E-state index in [1.54, 1.807) is 6.92 Å². The number of benzene rings is 2. The predicted molar refractivity (Wildman–Crippen MR) is 73.1 cm³/mol. The van der Waals surface area contributed by atoms with Crippen LogP contribution in [0, 0.1) is 5.82 Å². The van der Waals surface area contributed by atoms with E-state index in [9.17, 15) is 17.6 Å². The number of hydrogen-bond acceptors (Lipinski definition) is 1. The number of alkyl halides is 3. The highest BCUT2D eigenvalue weighted by molar-refractivity contribution is 5.36. The van der Waals surface area contributed by atoms with Gasteiger partial charge in [0.2, 0.25) is 0 Å². The van der Waals surface area contributed by atoms with E-state index < -0.39 is 23.1 Å². The van der Waals surface area contributed by atoms with Gasteiger partial charge in [0.25, 0.3) is 0 Å². The lowest BCUT2D eigenvalue weighted by Crippen LogP contribution is -2.37. The Bertz CT molecular complexity index is 615. The van der Waals surface area contributed by atoms with E-state index >= 15 is 0 Å². The van der Waals surface area contributed by atoms with Crippen molar-refractivity contribution < 1.29 is 17.6 Å². The number of hydrogen-bond donors (Lipinski definition) is 1. The third-order valence-corrected chi connectivity index (χ3v) is 3.33. The van der Waals surface area contributed by atoms with Crippen LogP contribution in [-0.2, 0) is 18.1 Å². The molecule has 0 aliphatic carbocycles. The molecule has 2 aromatic carbocycles. The average molecular weight is 297 g/mol. The molecular weight excluding hydrogens is 282 g/mol. The molecule has 0 aromatic heterocycles. The predicted octanol–water partition coefficient (Wildman–Crippen LogP) is 4.26. The molecule has 5 heteroatoms. The Labute approximate surface area is 120 Å². The molecule has 21 heavy (non-hydrogen) atoms. The van der Waals surface area contributed by atoms with Crippen molar-refractivity contribution in [3.63, 3.8) is 0 Å². The van der Waals surface area contributed by atoms with Crippen molar-refractivity contribution in [2.45, 2.75) is 25.1 Å². The zero-order valence-electron chi connectivity index (χ0n) is 11.4. The van der Waals surface area contributed by atoms with Gasteiger partial charge in [-0.15, -0.1) is 0 Å². The minimum absolute atomic E-state index is 0.0295. The third kappa shape index (κ3) is 3.61. The Morgan fingerprint density at radius 3 is 1.95 bits per heavy atom. The highest BCUT2D eigenvalue weighted by Crippen LogP contribution is 2.36. The van der Waals surface area contributed by atoms with Gasteiger partial charge < -0.3 is 5.73 Å². The lowest BCUT2D eigenvalue weighted by Gasteiger charge is -2.28. The molecule has 0 aliphatic rings. The highest BCUT2D eigenvalue weighted by Gasteiger charge is 2.37. The normalized spacial score (nSPS) is 14.8. The van der Waals surface area contributed by atoms with Crippen LogP contribution in [0.5, 0.6) is 0 Å². The average Bonchev–Trinajstić information content (AvgIpc) is 2.40. The fourth-order valence-electron chi connectivity index (χ4n) is 2.35. The first-order valence-corrected chi connectivity index (χ1v) is 6.40. The number of halogens is 4. The maximum Gasteiger partial charge on any atom is 0.416 e. The van der Waals surface area contributed by atoms with E-state index in [0.29, 0.717) is 5.56 Å². The second-order valence-corrected chi connectivity index (χ2v) is 5.26. The zero-order chi connectivity index (χ0) is 15.7. The minimum atomic E-state index is -4.46. The molecule has 0 heterocycles. The first-order chi connectivity index (χ1) is 9.70. The van der Waals surface area contributed by atoms with Gasteiger partial charge >= 0.3 is 6.18 Å². The Balaban J connectivity index is 2.38. The summed E-state index contributed by atoms with van der Waals surface area (Å²) >= 11 is 0. The van der Waals surface area contributed by atoms with Crippen LogP contribution in [0.3, 0.4) is 0 Å². The molecule has 0 spiro atoms. The van der Waals surface area contributed by atoms with Gasteiger partial charge in [0, 0.05) is 5.54 Å². The van der Waals surface area contributed by atoms with Crippen molar-refractivity contribution in [2.24, 2.45) is 5.73 Å². The van der Waals surface area contributed by atoms with Crippen molar-refractivity contribution in [1.82, 2.24) is 0 Å². The molecule has 0 aliphatic heterocycles. The van der Waals surface area contributed by atoms with Crippen LogP contribution in [-0.4, -0.2) is 0 Å². The van der Waals surface area contributed by atoms with Crippen molar-refractivity contribution in [1.29, 1.82) is 0 Å². The highest BCUT2D eigenvalue weighted by atomic mass is 19.4. The summed E-state index contributed by atoms with van der Waals surface area (Å²) in [5.74, 6) is -0.395. The smallest absolute Gasteiger partial charge is 0.321 e. The van der Waals surface area contributed by atoms with Crippen LogP contribution in [0.25, 0.3) is 0 Å². The van der Waals surface area contributed by atoms with Gasteiger partial charge in [-0.05, 0) is 42.7 Å². The Hall–Kier alpha value is -1.88. The molecule has 112 valence electrons. The number of rotatable bonds is 3. The molecule has 1 atom stereocenters. The summed E-state index contributed by atoms with van der Waals surface area (Å²) in [5, 5.41) is 0. The first-order valence-electron chi connectivity index (χ1n) is 6.40. The molecule has 0 saturated carbocycles. The lowest BCUT2D eigenvalue weighted by molar-refractivity contribution is -0.138. The Kier molecular flexibility index (Phi) is 4.05. The zero-order valence-corrected chi connectivity index (χ0v) is 11.4. The monoisotopic (exact) mass is 297 g/mol. The van der Waals surface area contributed by atoms with E-state index in [4.69, 9.17) is 5.73 Å². The van der Waals surface area contributed by atoms with Gasteiger partial charge in [0.05, 0.1) is 5.56 Å². The maximum absolute atomic E-state index is 13.1. The van der Waals surface area contributed by atoms with E-state index in [2.05, 4.69) is 0 Å². The molecule has 0 bridgehead atoms. The van der Waals surface area contributed by atoms with Crippen LogP contribution in [0.15, 0.2) is 48.5 Å².